The van der Waals surface area contributed by atoms with E-state index in [0.29, 0.717) is 37.7 Å². The van der Waals surface area contributed by atoms with Gasteiger partial charge in [0.2, 0.25) is 0 Å². The molecule has 5 heteroatoms. The Morgan fingerprint density at radius 1 is 1.17 bits per heavy atom. The second-order valence-corrected chi connectivity index (χ2v) is 12.0. The summed E-state index contributed by atoms with van der Waals surface area (Å²) in [6.07, 6.45) is 15.4. The van der Waals surface area contributed by atoms with Crippen LogP contribution in [0.4, 0.5) is 0 Å². The average molecular weight is 487 g/mol. The van der Waals surface area contributed by atoms with Crippen molar-refractivity contribution in [3.05, 3.63) is 35.5 Å². The van der Waals surface area contributed by atoms with Crippen molar-refractivity contribution in [1.82, 2.24) is 0 Å². The van der Waals surface area contributed by atoms with E-state index < -0.39 is 23.6 Å². The highest BCUT2D eigenvalue weighted by molar-refractivity contribution is 6.08. The molecule has 0 unspecified atom stereocenters. The van der Waals surface area contributed by atoms with E-state index in [4.69, 9.17) is 4.74 Å². The lowest BCUT2D eigenvalue weighted by atomic mass is 9.61. The maximum atomic E-state index is 12.8. The summed E-state index contributed by atoms with van der Waals surface area (Å²) in [6.45, 7) is 10.2. The summed E-state index contributed by atoms with van der Waals surface area (Å²) in [4.78, 5) is 25.2. The molecule has 3 fully saturated rings. The Morgan fingerprint density at radius 3 is 2.51 bits per heavy atom. The van der Waals surface area contributed by atoms with Crippen molar-refractivity contribution < 1.29 is 24.5 Å². The number of rotatable bonds is 8. The zero-order valence-electron chi connectivity index (χ0n) is 22.4. The van der Waals surface area contributed by atoms with Crippen LogP contribution in [-0.2, 0) is 14.3 Å². The molecule has 0 aromatic heterocycles. The Labute approximate surface area is 211 Å². The van der Waals surface area contributed by atoms with Crippen LogP contribution in [-0.4, -0.2) is 40.8 Å². The third-order valence-corrected chi connectivity index (χ3v) is 8.86. The SMILES string of the molecule is CCCOC(=O)C(C)(C)C(=O)/C=C/[C@@H](C)[C@H]1CC[C@H]2/C(=C/C=C3C[C@@H](O)C[C@H](O)C3)CCC[C@]12C. The van der Waals surface area contributed by atoms with Gasteiger partial charge in [-0.1, -0.05) is 50.1 Å². The second-order valence-electron chi connectivity index (χ2n) is 12.0. The predicted octanol–water partition coefficient (Wildman–Crippen LogP) is 5.70. The molecule has 0 amide bonds. The van der Waals surface area contributed by atoms with Gasteiger partial charge in [-0.25, -0.2) is 0 Å². The number of esters is 1. The van der Waals surface area contributed by atoms with Gasteiger partial charge in [0.15, 0.2) is 5.78 Å². The van der Waals surface area contributed by atoms with Crippen LogP contribution in [0.15, 0.2) is 35.5 Å². The Bertz CT molecular complexity index is 854. The van der Waals surface area contributed by atoms with E-state index in [9.17, 15) is 19.8 Å². The summed E-state index contributed by atoms with van der Waals surface area (Å²) in [7, 11) is 0. The lowest BCUT2D eigenvalue weighted by Crippen LogP contribution is -2.36. The highest BCUT2D eigenvalue weighted by Gasteiger charge is 2.50. The first-order valence-corrected chi connectivity index (χ1v) is 13.6. The van der Waals surface area contributed by atoms with Crippen molar-refractivity contribution >= 4 is 11.8 Å². The van der Waals surface area contributed by atoms with E-state index in [1.54, 1.807) is 19.9 Å². The van der Waals surface area contributed by atoms with Crippen LogP contribution in [0, 0.1) is 28.6 Å². The van der Waals surface area contributed by atoms with Crippen molar-refractivity contribution in [1.29, 1.82) is 0 Å². The Balaban J connectivity index is 1.69. The molecule has 0 radical (unpaired) electrons. The zero-order chi connectivity index (χ0) is 25.8. The van der Waals surface area contributed by atoms with E-state index in [0.717, 1.165) is 37.7 Å². The Kier molecular flexibility index (Phi) is 9.20. The number of carbonyl (C=O) groups is 2. The van der Waals surface area contributed by atoms with Gasteiger partial charge < -0.3 is 14.9 Å². The third-order valence-electron chi connectivity index (χ3n) is 8.86. The molecule has 3 rings (SSSR count). The number of allylic oxidation sites excluding steroid dienone is 5. The van der Waals surface area contributed by atoms with Crippen molar-refractivity contribution in [3.63, 3.8) is 0 Å². The van der Waals surface area contributed by atoms with E-state index in [1.807, 2.05) is 13.0 Å². The van der Waals surface area contributed by atoms with Gasteiger partial charge in [-0.05, 0) is 101 Å². The number of ether oxygens (including phenoxy) is 1. The quantitative estimate of drug-likeness (QED) is 0.261. The maximum absolute atomic E-state index is 12.8. The van der Waals surface area contributed by atoms with Gasteiger partial charge in [0.25, 0.3) is 0 Å². The minimum Gasteiger partial charge on any atom is -0.465 e. The molecule has 6 atom stereocenters. The molecular weight excluding hydrogens is 440 g/mol. The molecule has 0 saturated heterocycles. The average Bonchev–Trinajstić information content (AvgIpc) is 3.16. The largest absolute Gasteiger partial charge is 0.465 e. The molecule has 2 N–H and O–H groups in total. The number of fused-ring (bicyclic) bond motifs is 1. The van der Waals surface area contributed by atoms with Crippen LogP contribution in [0.5, 0.6) is 0 Å². The number of hydrogen-bond donors (Lipinski definition) is 2. The van der Waals surface area contributed by atoms with Gasteiger partial charge in [-0.3, -0.25) is 9.59 Å². The number of aliphatic hydroxyl groups excluding tert-OH is 2. The third kappa shape index (κ3) is 6.35. The zero-order valence-corrected chi connectivity index (χ0v) is 22.4. The first-order chi connectivity index (χ1) is 16.5. The van der Waals surface area contributed by atoms with E-state index in [2.05, 4.69) is 26.0 Å². The highest BCUT2D eigenvalue weighted by Crippen LogP contribution is 2.59. The lowest BCUT2D eigenvalue weighted by molar-refractivity contribution is -0.157. The monoisotopic (exact) mass is 486 g/mol. The molecule has 0 spiro atoms. The van der Waals surface area contributed by atoms with Gasteiger partial charge in [0, 0.05) is 0 Å². The van der Waals surface area contributed by atoms with Crippen molar-refractivity contribution in [2.45, 2.75) is 105 Å². The molecule has 3 saturated carbocycles. The fourth-order valence-electron chi connectivity index (χ4n) is 6.73. The van der Waals surface area contributed by atoms with Gasteiger partial charge in [0.1, 0.15) is 5.41 Å². The normalized spacial score (nSPS) is 33.6. The first-order valence-electron chi connectivity index (χ1n) is 13.6. The molecule has 3 aliphatic rings. The van der Waals surface area contributed by atoms with Gasteiger partial charge in [-0.15, -0.1) is 0 Å². The lowest BCUT2D eigenvalue weighted by Gasteiger charge is -2.44. The van der Waals surface area contributed by atoms with Crippen LogP contribution in [0.3, 0.4) is 0 Å². The van der Waals surface area contributed by atoms with Gasteiger partial charge in [-0.2, -0.15) is 0 Å². The molecular formula is C30H46O5. The van der Waals surface area contributed by atoms with Gasteiger partial charge >= 0.3 is 5.97 Å². The maximum Gasteiger partial charge on any atom is 0.319 e. The molecule has 0 heterocycles. The molecule has 0 aromatic rings. The minimum absolute atomic E-state index is 0.191. The second kappa shape index (κ2) is 11.6. The number of aliphatic hydroxyl groups is 2. The summed E-state index contributed by atoms with van der Waals surface area (Å²) < 4.78 is 5.23. The standard InChI is InChI=1S/C30H46O5/c1-6-16-35-28(34)29(3,4)27(33)14-9-20(2)25-12-13-26-22(8-7-15-30(25,26)5)11-10-21-17-23(31)19-24(32)18-21/h9-11,14,20,23-26,31-32H,6-8,12-13,15-19H2,1-5H3/b14-9+,22-11+/t20-,23-,24-,25-,26+,30-/m1/s1. The van der Waals surface area contributed by atoms with Crippen molar-refractivity contribution in [2.24, 2.45) is 28.6 Å². The Morgan fingerprint density at radius 2 is 1.86 bits per heavy atom. The topological polar surface area (TPSA) is 83.8 Å². The molecule has 0 bridgehead atoms. The predicted molar refractivity (Wildman–Crippen MR) is 139 cm³/mol. The molecule has 3 aliphatic carbocycles. The first kappa shape index (κ1) is 27.9. The van der Waals surface area contributed by atoms with Crippen LogP contribution < -0.4 is 0 Å². The number of ketones is 1. The van der Waals surface area contributed by atoms with Crippen LogP contribution >= 0.6 is 0 Å². The van der Waals surface area contributed by atoms with Crippen molar-refractivity contribution in [2.75, 3.05) is 6.61 Å². The highest BCUT2D eigenvalue weighted by atomic mass is 16.5. The van der Waals surface area contributed by atoms with Crippen LogP contribution in [0.1, 0.15) is 92.4 Å². The summed E-state index contributed by atoms with van der Waals surface area (Å²) in [5, 5.41) is 20.0. The number of hydrogen-bond acceptors (Lipinski definition) is 5. The summed E-state index contributed by atoms with van der Waals surface area (Å²) in [5.74, 6) is 0.615. The van der Waals surface area contributed by atoms with Gasteiger partial charge in [0.05, 0.1) is 18.8 Å². The fraction of sp³-hybridized carbons (Fsp3) is 0.733. The van der Waals surface area contributed by atoms with Crippen LogP contribution in [0.2, 0.25) is 0 Å². The number of carbonyl (C=O) groups excluding carboxylic acids is 2. The summed E-state index contributed by atoms with van der Waals surface area (Å²) >= 11 is 0. The summed E-state index contributed by atoms with van der Waals surface area (Å²) in [6, 6.07) is 0. The van der Waals surface area contributed by atoms with Crippen LogP contribution in [0.25, 0.3) is 0 Å². The Hall–Kier alpha value is -1.72. The fourth-order valence-corrected chi connectivity index (χ4v) is 6.73. The van der Waals surface area contributed by atoms with E-state index >= 15 is 0 Å². The van der Waals surface area contributed by atoms with E-state index in [-0.39, 0.29) is 17.1 Å². The molecule has 5 nitrogen and oxygen atoms in total. The molecule has 0 aliphatic heterocycles. The smallest absolute Gasteiger partial charge is 0.319 e. The van der Waals surface area contributed by atoms with Crippen molar-refractivity contribution in [3.8, 4) is 0 Å². The molecule has 0 aromatic carbocycles. The molecule has 196 valence electrons. The van der Waals surface area contributed by atoms with E-state index in [1.165, 1.54) is 12.0 Å². The molecule has 35 heavy (non-hydrogen) atoms. The minimum atomic E-state index is -1.16. The summed E-state index contributed by atoms with van der Waals surface area (Å²) in [5.41, 5.74) is 1.66.